The average molecular weight is 310 g/mol. The third kappa shape index (κ3) is 3.00. The number of hydrogen-bond donors (Lipinski definition) is 2. The molecule has 0 aromatic carbocycles. The Morgan fingerprint density at radius 3 is 2.83 bits per heavy atom. The third-order valence-corrected chi connectivity index (χ3v) is 5.87. The number of nitrogens with zero attached hydrogens (tertiary/aromatic N) is 1. The van der Waals surface area contributed by atoms with Crippen LogP contribution in [-0.2, 0) is 14.8 Å². The number of carbonyl (C=O) groups excluding carboxylic acids is 1. The van der Waals surface area contributed by atoms with Gasteiger partial charge < -0.3 is 5.32 Å². The molecule has 18 heavy (non-hydrogen) atoms. The molecule has 1 amide bonds. The lowest BCUT2D eigenvalue weighted by Crippen LogP contribution is -2.38. The van der Waals surface area contributed by atoms with Gasteiger partial charge in [-0.25, -0.2) is 18.1 Å². The summed E-state index contributed by atoms with van der Waals surface area (Å²) in [6.07, 6.45) is 1.08. The van der Waals surface area contributed by atoms with E-state index in [4.69, 9.17) is 11.6 Å². The van der Waals surface area contributed by atoms with Gasteiger partial charge in [-0.3, -0.25) is 4.79 Å². The summed E-state index contributed by atoms with van der Waals surface area (Å²) in [5, 5.41) is 2.69. The molecule has 1 fully saturated rings. The van der Waals surface area contributed by atoms with Crippen molar-refractivity contribution in [3.63, 3.8) is 0 Å². The number of amides is 1. The monoisotopic (exact) mass is 309 g/mol. The smallest absolute Gasteiger partial charge is 0.252 e. The standard InChI is InChI=1S/C9H12ClN3O3S2/c1-5-8(17-9(10)12-5)18(15,16)11-4-6-2-3-7(14)13-6/h6,11H,2-4H2,1H3,(H,13,14). The highest BCUT2D eigenvalue weighted by molar-refractivity contribution is 7.91. The molecular formula is C9H12ClN3O3S2. The molecule has 2 rings (SSSR count). The predicted octanol–water partition coefficient (Wildman–Crippen LogP) is 0.662. The molecule has 9 heteroatoms. The van der Waals surface area contributed by atoms with Crippen LogP contribution in [0.1, 0.15) is 18.5 Å². The van der Waals surface area contributed by atoms with E-state index < -0.39 is 10.0 Å². The van der Waals surface area contributed by atoms with Crippen molar-refractivity contribution in [2.24, 2.45) is 0 Å². The largest absolute Gasteiger partial charge is 0.352 e. The summed E-state index contributed by atoms with van der Waals surface area (Å²) in [5.74, 6) is -0.0452. The van der Waals surface area contributed by atoms with Crippen molar-refractivity contribution in [1.82, 2.24) is 15.0 Å². The van der Waals surface area contributed by atoms with Gasteiger partial charge in [-0.05, 0) is 13.3 Å². The van der Waals surface area contributed by atoms with Crippen LogP contribution in [0.4, 0.5) is 0 Å². The number of sulfonamides is 1. The zero-order valence-electron chi connectivity index (χ0n) is 9.57. The van der Waals surface area contributed by atoms with Crippen molar-refractivity contribution in [3.8, 4) is 0 Å². The highest BCUT2D eigenvalue weighted by Crippen LogP contribution is 2.26. The van der Waals surface area contributed by atoms with E-state index in [1.54, 1.807) is 6.92 Å². The zero-order valence-corrected chi connectivity index (χ0v) is 12.0. The molecule has 1 aromatic rings. The molecule has 1 unspecified atom stereocenters. The van der Waals surface area contributed by atoms with Crippen molar-refractivity contribution in [2.75, 3.05) is 6.54 Å². The molecule has 1 aliphatic rings. The number of rotatable bonds is 4. The molecule has 0 aliphatic carbocycles. The highest BCUT2D eigenvalue weighted by Gasteiger charge is 2.25. The topological polar surface area (TPSA) is 88.2 Å². The van der Waals surface area contributed by atoms with Crippen LogP contribution >= 0.6 is 22.9 Å². The second-order valence-electron chi connectivity index (χ2n) is 3.99. The van der Waals surface area contributed by atoms with Gasteiger partial charge in [0, 0.05) is 19.0 Å². The van der Waals surface area contributed by atoms with E-state index in [1.165, 1.54) is 0 Å². The molecule has 0 saturated carbocycles. The molecule has 0 bridgehead atoms. The van der Waals surface area contributed by atoms with E-state index in [0.717, 1.165) is 11.3 Å². The Balaban J connectivity index is 2.04. The Labute approximate surface area is 114 Å². The maximum atomic E-state index is 12.0. The minimum Gasteiger partial charge on any atom is -0.352 e. The Bertz CT molecular complexity index is 570. The lowest BCUT2D eigenvalue weighted by molar-refractivity contribution is -0.119. The van der Waals surface area contributed by atoms with E-state index in [-0.39, 0.29) is 27.2 Å². The van der Waals surface area contributed by atoms with Crippen molar-refractivity contribution in [2.45, 2.75) is 30.0 Å². The molecule has 1 atom stereocenters. The van der Waals surface area contributed by atoms with Gasteiger partial charge in [0.25, 0.3) is 10.0 Å². The van der Waals surface area contributed by atoms with Crippen LogP contribution in [0, 0.1) is 6.92 Å². The number of hydrogen-bond acceptors (Lipinski definition) is 5. The predicted molar refractivity (Wildman–Crippen MR) is 68.2 cm³/mol. The van der Waals surface area contributed by atoms with Crippen molar-refractivity contribution in [1.29, 1.82) is 0 Å². The number of carbonyl (C=O) groups is 1. The molecular weight excluding hydrogens is 298 g/mol. The first kappa shape index (κ1) is 13.7. The summed E-state index contributed by atoms with van der Waals surface area (Å²) >= 11 is 6.60. The summed E-state index contributed by atoms with van der Waals surface area (Å²) < 4.78 is 26.8. The summed E-state index contributed by atoms with van der Waals surface area (Å²) in [4.78, 5) is 14.9. The van der Waals surface area contributed by atoms with E-state index >= 15 is 0 Å². The number of aromatic nitrogens is 1. The lowest BCUT2D eigenvalue weighted by Gasteiger charge is -2.10. The first-order valence-electron chi connectivity index (χ1n) is 5.30. The van der Waals surface area contributed by atoms with Gasteiger partial charge in [0.05, 0.1) is 5.69 Å². The minimum absolute atomic E-state index is 0.0452. The van der Waals surface area contributed by atoms with Crippen LogP contribution in [0.15, 0.2) is 4.21 Å². The molecule has 1 saturated heterocycles. The van der Waals surface area contributed by atoms with Gasteiger partial charge in [-0.15, -0.1) is 0 Å². The van der Waals surface area contributed by atoms with Crippen molar-refractivity contribution in [3.05, 3.63) is 10.2 Å². The van der Waals surface area contributed by atoms with E-state index in [0.29, 0.717) is 18.5 Å². The quantitative estimate of drug-likeness (QED) is 0.855. The Hall–Kier alpha value is -0.700. The second kappa shape index (κ2) is 5.12. The SMILES string of the molecule is Cc1nc(Cl)sc1S(=O)(=O)NCC1CCC(=O)N1. The van der Waals surface area contributed by atoms with E-state index in [1.807, 2.05) is 0 Å². The van der Waals surface area contributed by atoms with Crippen molar-refractivity contribution >= 4 is 38.9 Å². The molecule has 0 radical (unpaired) electrons. The van der Waals surface area contributed by atoms with Gasteiger partial charge in [0.1, 0.15) is 0 Å². The van der Waals surface area contributed by atoms with Crippen LogP contribution in [0.5, 0.6) is 0 Å². The Morgan fingerprint density at radius 2 is 2.33 bits per heavy atom. The van der Waals surface area contributed by atoms with Crippen LogP contribution in [0.25, 0.3) is 0 Å². The first-order chi connectivity index (χ1) is 8.38. The number of aryl methyl sites for hydroxylation is 1. The lowest BCUT2D eigenvalue weighted by atomic mass is 10.2. The fourth-order valence-electron chi connectivity index (χ4n) is 1.71. The molecule has 1 aromatic heterocycles. The summed E-state index contributed by atoms with van der Waals surface area (Å²) in [6.45, 7) is 1.78. The fourth-order valence-corrected chi connectivity index (χ4v) is 4.57. The Morgan fingerprint density at radius 1 is 1.61 bits per heavy atom. The average Bonchev–Trinajstić information content (AvgIpc) is 2.82. The first-order valence-corrected chi connectivity index (χ1v) is 7.98. The summed E-state index contributed by atoms with van der Waals surface area (Å²) in [7, 11) is -3.60. The van der Waals surface area contributed by atoms with Crippen molar-refractivity contribution < 1.29 is 13.2 Å². The molecule has 2 N–H and O–H groups in total. The van der Waals surface area contributed by atoms with E-state index in [9.17, 15) is 13.2 Å². The van der Waals surface area contributed by atoms with Gasteiger partial charge in [0.15, 0.2) is 8.68 Å². The van der Waals surface area contributed by atoms with Crippen LogP contribution in [0.3, 0.4) is 0 Å². The number of halogens is 1. The maximum Gasteiger partial charge on any atom is 0.252 e. The molecule has 100 valence electrons. The number of thiazole rings is 1. The highest BCUT2D eigenvalue weighted by atomic mass is 35.5. The maximum absolute atomic E-state index is 12.0. The fraction of sp³-hybridized carbons (Fsp3) is 0.556. The Kier molecular flexibility index (Phi) is 3.90. The van der Waals surface area contributed by atoms with Gasteiger partial charge >= 0.3 is 0 Å². The normalized spacial score (nSPS) is 20.1. The van der Waals surface area contributed by atoms with Gasteiger partial charge in [-0.1, -0.05) is 22.9 Å². The van der Waals surface area contributed by atoms with Gasteiger partial charge in [-0.2, -0.15) is 0 Å². The van der Waals surface area contributed by atoms with Crippen LogP contribution in [-0.4, -0.2) is 31.9 Å². The molecule has 2 heterocycles. The van der Waals surface area contributed by atoms with Gasteiger partial charge in [0.2, 0.25) is 5.91 Å². The molecule has 1 aliphatic heterocycles. The van der Waals surface area contributed by atoms with E-state index in [2.05, 4.69) is 15.0 Å². The summed E-state index contributed by atoms with van der Waals surface area (Å²) in [6, 6.07) is -0.143. The second-order valence-corrected chi connectivity index (χ2v) is 7.54. The van der Waals surface area contributed by atoms with Crippen LogP contribution in [0.2, 0.25) is 4.47 Å². The molecule has 6 nitrogen and oxygen atoms in total. The zero-order chi connectivity index (χ0) is 13.3. The number of nitrogens with one attached hydrogen (secondary N) is 2. The summed E-state index contributed by atoms with van der Waals surface area (Å²) in [5.41, 5.74) is 0.382. The molecule has 0 spiro atoms. The third-order valence-electron chi connectivity index (χ3n) is 2.58. The minimum atomic E-state index is -3.60. The van der Waals surface area contributed by atoms with Crippen LogP contribution < -0.4 is 10.0 Å².